The lowest BCUT2D eigenvalue weighted by molar-refractivity contribution is 0.122. The quantitative estimate of drug-likeness (QED) is 0.860. The van der Waals surface area contributed by atoms with Gasteiger partial charge in [-0.25, -0.2) is 4.98 Å². The van der Waals surface area contributed by atoms with Gasteiger partial charge in [-0.05, 0) is 12.8 Å². The van der Waals surface area contributed by atoms with E-state index in [-0.39, 0.29) is 0 Å². The highest BCUT2D eigenvalue weighted by Crippen LogP contribution is 2.23. The third-order valence-corrected chi connectivity index (χ3v) is 5.05. The highest BCUT2D eigenvalue weighted by molar-refractivity contribution is 7.13. The summed E-state index contributed by atoms with van der Waals surface area (Å²) in [5.74, 6) is 2.20. The van der Waals surface area contributed by atoms with Gasteiger partial charge < -0.3 is 14.2 Å². The second kappa shape index (κ2) is 5.73. The molecular formula is C14H19N5OS. The molecule has 0 saturated carbocycles. The number of nitrogens with zero attached hydrogens (tertiary/aromatic N) is 5. The second-order valence-electron chi connectivity index (χ2n) is 5.54. The van der Waals surface area contributed by atoms with E-state index in [1.807, 2.05) is 0 Å². The molecule has 0 spiro atoms. The fourth-order valence-corrected chi connectivity index (χ4v) is 3.82. The van der Waals surface area contributed by atoms with Gasteiger partial charge in [0.25, 0.3) is 0 Å². The third-order valence-electron chi connectivity index (χ3n) is 4.10. The van der Waals surface area contributed by atoms with Crippen LogP contribution in [0.2, 0.25) is 0 Å². The van der Waals surface area contributed by atoms with Gasteiger partial charge in [0.2, 0.25) is 0 Å². The molecule has 21 heavy (non-hydrogen) atoms. The van der Waals surface area contributed by atoms with Gasteiger partial charge in [-0.15, -0.1) is 21.5 Å². The summed E-state index contributed by atoms with van der Waals surface area (Å²) >= 11 is 1.72. The van der Waals surface area contributed by atoms with E-state index >= 15 is 0 Å². The van der Waals surface area contributed by atoms with Crippen molar-refractivity contribution in [2.24, 2.45) is 0 Å². The number of hydrogen-bond acceptors (Lipinski definition) is 6. The lowest BCUT2D eigenvalue weighted by Crippen LogP contribution is -2.36. The molecule has 0 N–H and O–H groups in total. The number of aromatic nitrogens is 4. The molecule has 6 nitrogen and oxygen atoms in total. The Morgan fingerprint density at radius 3 is 2.95 bits per heavy atom. The van der Waals surface area contributed by atoms with Crippen molar-refractivity contribution in [2.45, 2.75) is 32.2 Å². The SMILES string of the molecule is c1sc(N2CCOCC2)nc1Cc1nnc2n1CCCC2. The summed E-state index contributed by atoms with van der Waals surface area (Å²) in [6.07, 6.45) is 4.31. The number of anilines is 1. The van der Waals surface area contributed by atoms with Crippen molar-refractivity contribution in [3.8, 4) is 0 Å². The molecule has 2 aromatic rings. The molecular weight excluding hydrogens is 286 g/mol. The summed E-state index contributed by atoms with van der Waals surface area (Å²) in [5.41, 5.74) is 1.10. The molecule has 2 aliphatic heterocycles. The molecule has 1 fully saturated rings. The van der Waals surface area contributed by atoms with Gasteiger partial charge in [-0.2, -0.15) is 0 Å². The molecule has 0 bridgehead atoms. The van der Waals surface area contributed by atoms with Crippen molar-refractivity contribution < 1.29 is 4.74 Å². The van der Waals surface area contributed by atoms with Gasteiger partial charge in [0.15, 0.2) is 5.13 Å². The lowest BCUT2D eigenvalue weighted by Gasteiger charge is -2.26. The number of aryl methyl sites for hydroxylation is 1. The van der Waals surface area contributed by atoms with Crippen LogP contribution in [-0.4, -0.2) is 46.1 Å². The van der Waals surface area contributed by atoms with Crippen LogP contribution < -0.4 is 4.90 Å². The maximum atomic E-state index is 5.39. The molecule has 7 heteroatoms. The van der Waals surface area contributed by atoms with Crippen LogP contribution in [0.1, 0.15) is 30.2 Å². The first kappa shape index (κ1) is 13.2. The fraction of sp³-hybridized carbons (Fsp3) is 0.643. The standard InChI is InChI=1S/C14H19N5OS/c1-2-4-19-12(3-1)16-17-13(19)9-11-10-21-14(15-11)18-5-7-20-8-6-18/h10H,1-9H2. The maximum Gasteiger partial charge on any atom is 0.185 e. The van der Waals surface area contributed by atoms with E-state index in [1.165, 1.54) is 12.8 Å². The van der Waals surface area contributed by atoms with Crippen LogP contribution in [0.25, 0.3) is 0 Å². The molecule has 2 aliphatic rings. The molecule has 0 aliphatic carbocycles. The first-order valence-corrected chi connectivity index (χ1v) is 8.46. The van der Waals surface area contributed by atoms with Gasteiger partial charge in [-0.1, -0.05) is 0 Å². The first-order valence-electron chi connectivity index (χ1n) is 7.58. The number of morpholine rings is 1. The predicted octanol–water partition coefficient (Wildman–Crippen LogP) is 1.50. The number of hydrogen-bond donors (Lipinski definition) is 0. The van der Waals surface area contributed by atoms with E-state index in [9.17, 15) is 0 Å². The summed E-state index contributed by atoms with van der Waals surface area (Å²) in [4.78, 5) is 7.07. The minimum atomic E-state index is 0.786. The van der Waals surface area contributed by atoms with Crippen LogP contribution in [0.3, 0.4) is 0 Å². The number of fused-ring (bicyclic) bond motifs is 1. The first-order chi connectivity index (χ1) is 10.4. The summed E-state index contributed by atoms with van der Waals surface area (Å²) in [6, 6.07) is 0. The maximum absolute atomic E-state index is 5.39. The van der Waals surface area contributed by atoms with Gasteiger partial charge in [0, 0.05) is 31.4 Å². The van der Waals surface area contributed by atoms with Crippen molar-refractivity contribution in [2.75, 3.05) is 31.2 Å². The average Bonchev–Trinajstić information content (AvgIpc) is 3.17. The molecule has 0 atom stereocenters. The molecule has 0 radical (unpaired) electrons. The lowest BCUT2D eigenvalue weighted by atomic mass is 10.1. The third kappa shape index (κ3) is 2.67. The van der Waals surface area contributed by atoms with Crippen LogP contribution in [0.4, 0.5) is 5.13 Å². The van der Waals surface area contributed by atoms with Crippen LogP contribution >= 0.6 is 11.3 Å². The van der Waals surface area contributed by atoms with Crippen molar-refractivity contribution >= 4 is 16.5 Å². The van der Waals surface area contributed by atoms with Crippen LogP contribution in [0.5, 0.6) is 0 Å². The van der Waals surface area contributed by atoms with Gasteiger partial charge in [0.1, 0.15) is 11.6 Å². The average molecular weight is 305 g/mol. The normalized spacial score (nSPS) is 18.8. The predicted molar refractivity (Wildman–Crippen MR) is 80.9 cm³/mol. The monoisotopic (exact) mass is 305 g/mol. The molecule has 0 amide bonds. The summed E-state index contributed by atoms with van der Waals surface area (Å²) < 4.78 is 7.66. The van der Waals surface area contributed by atoms with Gasteiger partial charge >= 0.3 is 0 Å². The topological polar surface area (TPSA) is 56.1 Å². The Morgan fingerprint density at radius 1 is 1.14 bits per heavy atom. The molecule has 0 aromatic carbocycles. The van der Waals surface area contributed by atoms with Crippen molar-refractivity contribution in [3.63, 3.8) is 0 Å². The van der Waals surface area contributed by atoms with E-state index in [4.69, 9.17) is 9.72 Å². The summed E-state index contributed by atoms with van der Waals surface area (Å²) in [5, 5.41) is 11.9. The Labute approximate surface area is 127 Å². The largest absolute Gasteiger partial charge is 0.378 e. The summed E-state index contributed by atoms with van der Waals surface area (Å²) in [6.45, 7) is 4.53. The van der Waals surface area contributed by atoms with Crippen molar-refractivity contribution in [1.29, 1.82) is 0 Å². The van der Waals surface area contributed by atoms with E-state index < -0.39 is 0 Å². The molecule has 2 aromatic heterocycles. The van der Waals surface area contributed by atoms with E-state index in [1.54, 1.807) is 11.3 Å². The molecule has 4 heterocycles. The van der Waals surface area contributed by atoms with Crippen molar-refractivity contribution in [1.82, 2.24) is 19.7 Å². The number of thiazole rings is 1. The van der Waals surface area contributed by atoms with Crippen LogP contribution in [0, 0.1) is 0 Å². The highest BCUT2D eigenvalue weighted by atomic mass is 32.1. The van der Waals surface area contributed by atoms with Gasteiger partial charge in [0.05, 0.1) is 25.3 Å². The van der Waals surface area contributed by atoms with Gasteiger partial charge in [-0.3, -0.25) is 0 Å². The zero-order valence-electron chi connectivity index (χ0n) is 12.0. The zero-order chi connectivity index (χ0) is 14.1. The number of rotatable bonds is 3. The van der Waals surface area contributed by atoms with E-state index in [0.29, 0.717) is 0 Å². The molecule has 4 rings (SSSR count). The molecule has 0 unspecified atom stereocenters. The smallest absolute Gasteiger partial charge is 0.185 e. The Hall–Kier alpha value is -1.47. The van der Waals surface area contributed by atoms with Crippen LogP contribution in [0.15, 0.2) is 5.38 Å². The van der Waals surface area contributed by atoms with E-state index in [0.717, 1.165) is 68.2 Å². The zero-order valence-corrected chi connectivity index (χ0v) is 12.8. The Morgan fingerprint density at radius 2 is 2.05 bits per heavy atom. The van der Waals surface area contributed by atoms with E-state index in [2.05, 4.69) is 25.0 Å². The fourth-order valence-electron chi connectivity index (χ4n) is 2.94. The Kier molecular flexibility index (Phi) is 3.60. The molecule has 1 saturated heterocycles. The van der Waals surface area contributed by atoms with Crippen LogP contribution in [-0.2, 0) is 24.1 Å². The Bertz CT molecular complexity index is 617. The minimum Gasteiger partial charge on any atom is -0.378 e. The number of ether oxygens (including phenoxy) is 1. The molecule has 112 valence electrons. The summed E-state index contributed by atoms with van der Waals surface area (Å²) in [7, 11) is 0. The highest BCUT2D eigenvalue weighted by Gasteiger charge is 2.18. The van der Waals surface area contributed by atoms with Crippen molar-refractivity contribution in [3.05, 3.63) is 22.7 Å². The minimum absolute atomic E-state index is 0.786. The second-order valence-corrected chi connectivity index (χ2v) is 6.38. The Balaban J connectivity index is 1.50.